The molecule has 2 aromatic rings. The number of anilines is 1. The zero-order valence-corrected chi connectivity index (χ0v) is 12.7. The standard InChI is InChI=1S/C15H19BrN2/c1-4-11(2)18(3)15-13(10-16)9-12-7-5-6-8-14(12)17-15/h5-9,11H,4,10H2,1-3H3. The highest BCUT2D eigenvalue weighted by Gasteiger charge is 2.14. The van der Waals surface area contributed by atoms with E-state index in [1.807, 2.05) is 6.07 Å². The van der Waals surface area contributed by atoms with Gasteiger partial charge in [0.1, 0.15) is 5.82 Å². The van der Waals surface area contributed by atoms with E-state index in [1.165, 1.54) is 10.9 Å². The lowest BCUT2D eigenvalue weighted by Crippen LogP contribution is -2.29. The van der Waals surface area contributed by atoms with Crippen molar-refractivity contribution < 1.29 is 0 Å². The van der Waals surface area contributed by atoms with E-state index in [2.05, 4.69) is 66.0 Å². The molecule has 0 saturated carbocycles. The molecule has 2 rings (SSSR count). The molecule has 2 nitrogen and oxygen atoms in total. The van der Waals surface area contributed by atoms with Gasteiger partial charge in [-0.05, 0) is 25.5 Å². The number of hydrogen-bond acceptors (Lipinski definition) is 2. The Kier molecular flexibility index (Phi) is 4.23. The van der Waals surface area contributed by atoms with Gasteiger partial charge in [-0.2, -0.15) is 0 Å². The molecule has 0 radical (unpaired) electrons. The minimum absolute atomic E-state index is 0.497. The normalized spacial score (nSPS) is 12.7. The van der Waals surface area contributed by atoms with Crippen molar-refractivity contribution in [3.05, 3.63) is 35.9 Å². The first kappa shape index (κ1) is 13.3. The summed E-state index contributed by atoms with van der Waals surface area (Å²) >= 11 is 3.57. The van der Waals surface area contributed by atoms with E-state index in [4.69, 9.17) is 4.98 Å². The molecule has 0 N–H and O–H groups in total. The number of nitrogens with zero attached hydrogens (tertiary/aromatic N) is 2. The first-order valence-electron chi connectivity index (χ1n) is 6.34. The van der Waals surface area contributed by atoms with E-state index in [-0.39, 0.29) is 0 Å². The zero-order valence-electron chi connectivity index (χ0n) is 11.2. The minimum atomic E-state index is 0.497. The number of rotatable bonds is 4. The predicted octanol–water partition coefficient (Wildman–Crippen LogP) is 4.36. The molecular weight excluding hydrogens is 288 g/mol. The Bertz CT molecular complexity index is 539. The molecule has 1 heterocycles. The molecule has 0 amide bonds. The molecule has 0 aliphatic carbocycles. The third-order valence-corrected chi connectivity index (χ3v) is 4.11. The summed E-state index contributed by atoms with van der Waals surface area (Å²) in [5.74, 6) is 1.08. The maximum Gasteiger partial charge on any atom is 0.133 e. The Morgan fingerprint density at radius 1 is 1.33 bits per heavy atom. The van der Waals surface area contributed by atoms with Crippen LogP contribution >= 0.6 is 15.9 Å². The highest BCUT2D eigenvalue weighted by molar-refractivity contribution is 9.08. The van der Waals surface area contributed by atoms with E-state index in [0.717, 1.165) is 23.1 Å². The SMILES string of the molecule is CCC(C)N(C)c1nc2ccccc2cc1CBr. The van der Waals surface area contributed by atoms with Crippen molar-refractivity contribution in [1.82, 2.24) is 4.98 Å². The smallest absolute Gasteiger partial charge is 0.133 e. The minimum Gasteiger partial charge on any atom is -0.357 e. The molecule has 0 spiro atoms. The lowest BCUT2D eigenvalue weighted by molar-refractivity contribution is 0.656. The van der Waals surface area contributed by atoms with Crippen LogP contribution in [0.4, 0.5) is 5.82 Å². The number of halogens is 1. The molecule has 1 aromatic carbocycles. The van der Waals surface area contributed by atoms with Crippen molar-refractivity contribution in [1.29, 1.82) is 0 Å². The second-order valence-corrected chi connectivity index (χ2v) is 5.23. The van der Waals surface area contributed by atoms with Crippen molar-refractivity contribution in [2.45, 2.75) is 31.6 Å². The molecule has 3 heteroatoms. The molecule has 0 aliphatic heterocycles. The van der Waals surface area contributed by atoms with Crippen LogP contribution in [0.15, 0.2) is 30.3 Å². The fourth-order valence-electron chi connectivity index (χ4n) is 2.04. The highest BCUT2D eigenvalue weighted by Crippen LogP contribution is 2.26. The van der Waals surface area contributed by atoms with Gasteiger partial charge in [-0.1, -0.05) is 41.1 Å². The molecule has 1 aromatic heterocycles. The van der Waals surface area contributed by atoms with Gasteiger partial charge in [0.15, 0.2) is 0 Å². The lowest BCUT2D eigenvalue weighted by Gasteiger charge is -2.27. The van der Waals surface area contributed by atoms with E-state index in [1.54, 1.807) is 0 Å². The third kappa shape index (κ3) is 2.51. The molecular formula is C15H19BrN2. The van der Waals surface area contributed by atoms with Crippen LogP contribution in [0.3, 0.4) is 0 Å². The molecule has 1 unspecified atom stereocenters. The Morgan fingerprint density at radius 3 is 2.72 bits per heavy atom. The van der Waals surface area contributed by atoms with Crippen molar-refractivity contribution >= 4 is 32.7 Å². The lowest BCUT2D eigenvalue weighted by atomic mass is 10.1. The molecule has 0 fully saturated rings. The first-order valence-corrected chi connectivity index (χ1v) is 7.47. The maximum atomic E-state index is 4.81. The highest BCUT2D eigenvalue weighted by atomic mass is 79.9. The van der Waals surface area contributed by atoms with Crippen LogP contribution in [-0.2, 0) is 5.33 Å². The van der Waals surface area contributed by atoms with Crippen LogP contribution in [0, 0.1) is 0 Å². The summed E-state index contributed by atoms with van der Waals surface area (Å²) in [7, 11) is 2.12. The summed E-state index contributed by atoms with van der Waals surface area (Å²) in [5.41, 5.74) is 2.31. The summed E-state index contributed by atoms with van der Waals surface area (Å²) in [4.78, 5) is 7.08. The number of para-hydroxylation sites is 1. The molecule has 0 bridgehead atoms. The fourth-order valence-corrected chi connectivity index (χ4v) is 2.45. The summed E-state index contributed by atoms with van der Waals surface area (Å²) in [6.07, 6.45) is 1.12. The quantitative estimate of drug-likeness (QED) is 0.780. The Hall–Kier alpha value is -1.09. The second kappa shape index (κ2) is 5.70. The van der Waals surface area contributed by atoms with Gasteiger partial charge in [-0.3, -0.25) is 0 Å². The number of aromatic nitrogens is 1. The second-order valence-electron chi connectivity index (χ2n) is 4.67. The average Bonchev–Trinajstić information content (AvgIpc) is 2.44. The van der Waals surface area contributed by atoms with Crippen molar-refractivity contribution in [3.8, 4) is 0 Å². The van der Waals surface area contributed by atoms with Gasteiger partial charge < -0.3 is 4.90 Å². The van der Waals surface area contributed by atoms with Crippen LogP contribution in [0.2, 0.25) is 0 Å². The number of fused-ring (bicyclic) bond motifs is 1. The monoisotopic (exact) mass is 306 g/mol. The average molecular weight is 307 g/mol. The Balaban J connectivity index is 2.54. The predicted molar refractivity (Wildman–Crippen MR) is 82.5 cm³/mol. The summed E-state index contributed by atoms with van der Waals surface area (Å²) in [6.45, 7) is 4.44. The van der Waals surface area contributed by atoms with Crippen LogP contribution in [0.25, 0.3) is 10.9 Å². The number of alkyl halides is 1. The van der Waals surface area contributed by atoms with Gasteiger partial charge in [0.25, 0.3) is 0 Å². The topological polar surface area (TPSA) is 16.1 Å². The molecule has 0 aliphatic rings. The molecule has 1 atom stereocenters. The maximum absolute atomic E-state index is 4.81. The van der Waals surface area contributed by atoms with Crippen LogP contribution in [0.5, 0.6) is 0 Å². The zero-order chi connectivity index (χ0) is 13.1. The first-order chi connectivity index (χ1) is 8.67. The van der Waals surface area contributed by atoms with Gasteiger partial charge >= 0.3 is 0 Å². The van der Waals surface area contributed by atoms with Crippen LogP contribution < -0.4 is 4.90 Å². The fraction of sp³-hybridized carbons (Fsp3) is 0.400. The number of hydrogen-bond donors (Lipinski definition) is 0. The largest absolute Gasteiger partial charge is 0.357 e. The van der Waals surface area contributed by atoms with E-state index >= 15 is 0 Å². The molecule has 96 valence electrons. The van der Waals surface area contributed by atoms with E-state index in [9.17, 15) is 0 Å². The molecule has 18 heavy (non-hydrogen) atoms. The Labute approximate surface area is 117 Å². The van der Waals surface area contributed by atoms with Crippen LogP contribution in [-0.4, -0.2) is 18.1 Å². The number of pyridine rings is 1. The van der Waals surface area contributed by atoms with Gasteiger partial charge in [-0.15, -0.1) is 0 Å². The van der Waals surface area contributed by atoms with Gasteiger partial charge in [-0.25, -0.2) is 4.98 Å². The number of benzene rings is 1. The molecule has 0 saturated heterocycles. The Morgan fingerprint density at radius 2 is 2.06 bits per heavy atom. The van der Waals surface area contributed by atoms with Crippen molar-refractivity contribution in [2.24, 2.45) is 0 Å². The summed E-state index contributed by atoms with van der Waals surface area (Å²) in [5, 5.41) is 2.04. The van der Waals surface area contributed by atoms with Gasteiger partial charge in [0.2, 0.25) is 0 Å². The van der Waals surface area contributed by atoms with Gasteiger partial charge in [0, 0.05) is 29.4 Å². The van der Waals surface area contributed by atoms with Crippen LogP contribution in [0.1, 0.15) is 25.8 Å². The van der Waals surface area contributed by atoms with E-state index in [0.29, 0.717) is 6.04 Å². The van der Waals surface area contributed by atoms with Crippen molar-refractivity contribution in [2.75, 3.05) is 11.9 Å². The summed E-state index contributed by atoms with van der Waals surface area (Å²) < 4.78 is 0. The van der Waals surface area contributed by atoms with Crippen molar-refractivity contribution in [3.63, 3.8) is 0 Å². The third-order valence-electron chi connectivity index (χ3n) is 3.51. The summed E-state index contributed by atoms with van der Waals surface area (Å²) in [6, 6.07) is 11.0. The van der Waals surface area contributed by atoms with Gasteiger partial charge in [0.05, 0.1) is 5.52 Å². The van der Waals surface area contributed by atoms with E-state index < -0.39 is 0 Å².